The van der Waals surface area contributed by atoms with Gasteiger partial charge in [0.1, 0.15) is 0 Å². The van der Waals surface area contributed by atoms with Crippen molar-refractivity contribution in [2.24, 2.45) is 11.3 Å². The molecule has 246 valence electrons. The Labute approximate surface area is 312 Å². The van der Waals surface area contributed by atoms with Crippen molar-refractivity contribution in [1.29, 1.82) is 0 Å². The summed E-state index contributed by atoms with van der Waals surface area (Å²) in [6.45, 7) is 22.5. The molecule has 1 unspecified atom stereocenters. The molecule has 3 heteroatoms. The molecule has 5 aromatic carbocycles. The van der Waals surface area contributed by atoms with Crippen LogP contribution >= 0.6 is 0 Å². The van der Waals surface area contributed by atoms with Crippen LogP contribution in [0.4, 0.5) is 0 Å². The second kappa shape index (κ2) is 16.8. The van der Waals surface area contributed by atoms with Crippen LogP contribution in [0.3, 0.4) is 0 Å². The fourth-order valence-corrected chi connectivity index (χ4v) is 6.56. The number of rotatable bonds is 2. The second-order valence-electron chi connectivity index (χ2n) is 15.3. The van der Waals surface area contributed by atoms with Crippen molar-refractivity contribution in [3.8, 4) is 0 Å². The predicted octanol–water partition coefficient (Wildman–Crippen LogP) is 6.09. The third kappa shape index (κ3) is 11.0. The number of hydrogen-bond acceptors (Lipinski definition) is 0. The Morgan fingerprint density at radius 2 is 1.00 bits per heavy atom. The minimum absolute atomic E-state index is 0. The van der Waals surface area contributed by atoms with E-state index in [0.29, 0.717) is 11.3 Å². The van der Waals surface area contributed by atoms with Gasteiger partial charge in [-0.2, -0.15) is 11.6 Å². The van der Waals surface area contributed by atoms with Gasteiger partial charge in [-0.15, -0.1) is 39.7 Å². The zero-order valence-corrected chi connectivity index (χ0v) is 34.9. The molecule has 5 aromatic rings. The number of benzene rings is 4. The molecule has 0 fully saturated rings. The molecule has 1 aliphatic rings. The maximum atomic E-state index is 3.26. The SMILES string of the molecule is CC(C)(C)c1ccc2[cH-]c3ccc(C(C)(C)C)cc3c2c1.CC1[C-]=CC(C(C)(C)C)=C1.[Cl-].[Cl-].[Hf+2]=[C](c1ccccc1)c1ccccc1. The summed E-state index contributed by atoms with van der Waals surface area (Å²) in [6, 6.07) is 37.3. The van der Waals surface area contributed by atoms with Gasteiger partial charge in [-0.05, 0) is 10.8 Å². The average Bonchev–Trinajstić information content (AvgIpc) is 3.60. The predicted molar refractivity (Wildman–Crippen MR) is 195 cm³/mol. The van der Waals surface area contributed by atoms with E-state index in [1.165, 1.54) is 52.6 Å². The van der Waals surface area contributed by atoms with Crippen LogP contribution < -0.4 is 24.8 Å². The van der Waals surface area contributed by atoms with Gasteiger partial charge in [-0.25, -0.2) is 6.08 Å². The first-order valence-corrected chi connectivity index (χ1v) is 18.0. The molecule has 0 N–H and O–H groups in total. The van der Waals surface area contributed by atoms with E-state index in [2.05, 4.69) is 191 Å². The number of allylic oxidation sites excluding steroid dienone is 4. The molecule has 0 spiro atoms. The van der Waals surface area contributed by atoms with Gasteiger partial charge >= 0.3 is 98.9 Å². The molecule has 0 aliphatic heterocycles. The normalized spacial score (nSPS) is 14.2. The molecule has 0 aromatic heterocycles. The van der Waals surface area contributed by atoms with Crippen LogP contribution in [0.15, 0.2) is 121 Å². The summed E-state index contributed by atoms with van der Waals surface area (Å²) in [5.41, 5.74) is 7.62. The Hall–Kier alpha value is -2.45. The summed E-state index contributed by atoms with van der Waals surface area (Å²) < 4.78 is 1.46. The van der Waals surface area contributed by atoms with E-state index in [4.69, 9.17) is 0 Å². The fourth-order valence-electron chi connectivity index (χ4n) is 5.36. The Morgan fingerprint density at radius 3 is 1.30 bits per heavy atom. The summed E-state index contributed by atoms with van der Waals surface area (Å²) in [5.74, 6) is 0.522. The molecule has 0 saturated heterocycles. The van der Waals surface area contributed by atoms with Gasteiger partial charge in [-0.3, -0.25) is 6.08 Å². The van der Waals surface area contributed by atoms with E-state index in [9.17, 15) is 0 Å². The van der Waals surface area contributed by atoms with Crippen molar-refractivity contribution in [1.82, 2.24) is 0 Å². The van der Waals surface area contributed by atoms with E-state index in [1.54, 1.807) is 0 Å². The molecule has 1 aliphatic carbocycles. The van der Waals surface area contributed by atoms with Gasteiger partial charge in [0.2, 0.25) is 0 Å². The topological polar surface area (TPSA) is 0 Å². The monoisotopic (exact) mass is 828 g/mol. The van der Waals surface area contributed by atoms with Gasteiger partial charge in [0.05, 0.1) is 0 Å². The first-order valence-electron chi connectivity index (χ1n) is 16.2. The van der Waals surface area contributed by atoms with Gasteiger partial charge in [-0.1, -0.05) is 116 Å². The second-order valence-corrected chi connectivity index (χ2v) is 17.1. The summed E-state index contributed by atoms with van der Waals surface area (Å²) >= 11 is 1.08. The van der Waals surface area contributed by atoms with Crippen LogP contribution in [0.5, 0.6) is 0 Å². The van der Waals surface area contributed by atoms with Crippen LogP contribution in [0.25, 0.3) is 21.5 Å². The Morgan fingerprint density at radius 1 is 0.596 bits per heavy atom. The first-order chi connectivity index (χ1) is 21.0. The van der Waals surface area contributed by atoms with Gasteiger partial charge in [0.15, 0.2) is 0 Å². The van der Waals surface area contributed by atoms with E-state index < -0.39 is 0 Å². The zero-order chi connectivity index (χ0) is 33.0. The van der Waals surface area contributed by atoms with Crippen molar-refractivity contribution < 1.29 is 48.7 Å². The van der Waals surface area contributed by atoms with Crippen LogP contribution in [0.2, 0.25) is 0 Å². The molecule has 0 bridgehead atoms. The van der Waals surface area contributed by atoms with Gasteiger partial charge in [0.25, 0.3) is 0 Å². The quantitative estimate of drug-likeness (QED) is 0.150. The Kier molecular flexibility index (Phi) is 14.5. The van der Waals surface area contributed by atoms with Crippen molar-refractivity contribution in [3.63, 3.8) is 0 Å². The molecule has 0 radical (unpaired) electrons. The van der Waals surface area contributed by atoms with Crippen molar-refractivity contribution in [2.75, 3.05) is 0 Å². The average molecular weight is 828 g/mol. The number of fused-ring (bicyclic) bond motifs is 3. The summed E-state index contributed by atoms with van der Waals surface area (Å²) in [7, 11) is 0. The number of hydrogen-bond donors (Lipinski definition) is 0. The van der Waals surface area contributed by atoms with Gasteiger partial charge < -0.3 is 24.8 Å². The molecule has 47 heavy (non-hydrogen) atoms. The molecule has 0 saturated carbocycles. The fraction of sp³-hybridized carbons (Fsp3) is 0.318. The maximum absolute atomic E-state index is 3.26. The van der Waals surface area contributed by atoms with E-state index in [0.717, 1.165) is 23.9 Å². The Bertz CT molecular complexity index is 1690. The summed E-state index contributed by atoms with van der Waals surface area (Å²) in [4.78, 5) is 0. The van der Waals surface area contributed by atoms with Crippen LogP contribution in [-0.4, -0.2) is 3.26 Å². The van der Waals surface area contributed by atoms with E-state index >= 15 is 0 Å². The molecule has 0 amide bonds. The van der Waals surface area contributed by atoms with Crippen molar-refractivity contribution in [2.45, 2.75) is 80.1 Å². The van der Waals surface area contributed by atoms with Gasteiger partial charge in [0, 0.05) is 0 Å². The molecular weight excluding hydrogens is 778 g/mol. The first kappa shape index (κ1) is 40.7. The van der Waals surface area contributed by atoms with Crippen LogP contribution in [-0.2, 0) is 34.7 Å². The standard InChI is InChI=1S/C21H25.C13H10.C10H15.2ClH.Hf/c1-20(2,3)16-9-7-14-11-15-8-10-17(21(4,5)6)13-19(15)18(14)12-16;1-3-7-12(8-4-1)11-13-9-5-2-6-10-13;1-8-5-6-9(7-8)10(2,3)4;;;/h7-13H,1-6H3;1-10H;6-8H,1-4H3;2*1H;/q-1;;-1;;;+2/p-2. The Balaban J connectivity index is 0.000000258. The van der Waals surface area contributed by atoms with Crippen molar-refractivity contribution >= 4 is 24.8 Å². The summed E-state index contributed by atoms with van der Waals surface area (Å²) in [6.07, 6.45) is 7.65. The van der Waals surface area contributed by atoms with Crippen molar-refractivity contribution in [3.05, 3.63) is 149 Å². The van der Waals surface area contributed by atoms with Crippen LogP contribution in [0, 0.1) is 17.4 Å². The third-order valence-corrected chi connectivity index (χ3v) is 10.4. The molecule has 0 heterocycles. The summed E-state index contributed by atoms with van der Waals surface area (Å²) in [5, 5.41) is 5.49. The minimum atomic E-state index is 0. The van der Waals surface area contributed by atoms with E-state index in [1.807, 2.05) is 0 Å². The van der Waals surface area contributed by atoms with Crippen LogP contribution in [0.1, 0.15) is 91.5 Å². The molecule has 0 nitrogen and oxygen atoms in total. The number of halogens is 2. The molecule has 1 atom stereocenters. The molecular formula is C44H50Cl2Hf-2. The van der Waals surface area contributed by atoms with E-state index in [-0.39, 0.29) is 35.6 Å². The third-order valence-electron chi connectivity index (χ3n) is 8.36. The zero-order valence-electron chi connectivity index (χ0n) is 29.8. The molecule has 6 rings (SSSR count).